The van der Waals surface area contributed by atoms with Gasteiger partial charge >= 0.3 is 5.97 Å². The number of aliphatic carboxylic acids is 1. The standard InChI is InChI=1S/C16H22N2O5/c1-4-23-10-5-6-12(11(7-10)15(17)22)18-13(19)8-16(2,3)9-14(20)21/h5-7H,4,8-9H2,1-3H3,(H2,17,22)(H,18,19)(H,20,21). The summed E-state index contributed by atoms with van der Waals surface area (Å²) in [4.78, 5) is 34.4. The first-order chi connectivity index (χ1) is 10.6. The topological polar surface area (TPSA) is 119 Å². The van der Waals surface area contributed by atoms with Crippen LogP contribution < -0.4 is 15.8 Å². The van der Waals surface area contributed by atoms with Crippen molar-refractivity contribution in [2.24, 2.45) is 11.1 Å². The molecule has 0 fully saturated rings. The summed E-state index contributed by atoms with van der Waals surface area (Å²) in [5.41, 5.74) is 5.04. The average molecular weight is 322 g/mol. The van der Waals surface area contributed by atoms with Crippen molar-refractivity contribution in [2.45, 2.75) is 33.6 Å². The molecule has 2 amide bonds. The third-order valence-electron chi connectivity index (χ3n) is 3.11. The van der Waals surface area contributed by atoms with E-state index >= 15 is 0 Å². The van der Waals surface area contributed by atoms with Gasteiger partial charge in [-0.3, -0.25) is 14.4 Å². The molecule has 0 spiro atoms. The van der Waals surface area contributed by atoms with Crippen LogP contribution in [-0.4, -0.2) is 29.5 Å². The van der Waals surface area contributed by atoms with E-state index < -0.39 is 17.3 Å². The molecule has 23 heavy (non-hydrogen) atoms. The van der Waals surface area contributed by atoms with Crippen molar-refractivity contribution in [3.8, 4) is 5.75 Å². The molecule has 126 valence electrons. The Kier molecular flexibility index (Phi) is 6.12. The fourth-order valence-corrected chi connectivity index (χ4v) is 2.19. The van der Waals surface area contributed by atoms with Gasteiger partial charge < -0.3 is 20.9 Å². The third kappa shape index (κ3) is 5.98. The Hall–Kier alpha value is -2.57. The highest BCUT2D eigenvalue weighted by Gasteiger charge is 2.25. The fourth-order valence-electron chi connectivity index (χ4n) is 2.19. The van der Waals surface area contributed by atoms with Crippen LogP contribution in [0.15, 0.2) is 18.2 Å². The van der Waals surface area contributed by atoms with Crippen LogP contribution in [0.1, 0.15) is 44.0 Å². The zero-order chi connectivity index (χ0) is 17.6. The molecule has 0 saturated carbocycles. The molecule has 0 unspecified atom stereocenters. The molecule has 0 heterocycles. The zero-order valence-corrected chi connectivity index (χ0v) is 13.5. The second kappa shape index (κ2) is 7.62. The number of rotatable bonds is 8. The van der Waals surface area contributed by atoms with Crippen molar-refractivity contribution in [2.75, 3.05) is 11.9 Å². The summed E-state index contributed by atoms with van der Waals surface area (Å²) in [5, 5.41) is 11.4. The van der Waals surface area contributed by atoms with E-state index in [9.17, 15) is 14.4 Å². The second-order valence-corrected chi connectivity index (χ2v) is 5.96. The molecule has 1 rings (SSSR count). The minimum Gasteiger partial charge on any atom is -0.494 e. The first kappa shape index (κ1) is 18.5. The molecule has 0 aliphatic carbocycles. The van der Waals surface area contributed by atoms with E-state index in [2.05, 4.69) is 5.32 Å². The lowest BCUT2D eigenvalue weighted by atomic mass is 9.85. The molecule has 7 heteroatoms. The number of carbonyl (C=O) groups excluding carboxylic acids is 2. The van der Waals surface area contributed by atoms with Crippen molar-refractivity contribution in [1.29, 1.82) is 0 Å². The molecule has 0 aliphatic heterocycles. The maximum atomic E-state index is 12.1. The van der Waals surface area contributed by atoms with Gasteiger partial charge in [-0.15, -0.1) is 0 Å². The number of nitrogens with one attached hydrogen (secondary N) is 1. The third-order valence-corrected chi connectivity index (χ3v) is 3.11. The highest BCUT2D eigenvalue weighted by Crippen LogP contribution is 2.27. The lowest BCUT2D eigenvalue weighted by molar-refractivity contribution is -0.139. The molecule has 0 radical (unpaired) electrons. The molecule has 1 aromatic carbocycles. The lowest BCUT2D eigenvalue weighted by Gasteiger charge is -2.21. The normalized spacial score (nSPS) is 10.9. The van der Waals surface area contributed by atoms with Gasteiger partial charge in [0.25, 0.3) is 5.91 Å². The van der Waals surface area contributed by atoms with E-state index in [0.29, 0.717) is 12.4 Å². The number of hydrogen-bond donors (Lipinski definition) is 3. The van der Waals surface area contributed by atoms with Gasteiger partial charge in [0.05, 0.1) is 24.3 Å². The monoisotopic (exact) mass is 322 g/mol. The maximum absolute atomic E-state index is 12.1. The Morgan fingerprint density at radius 1 is 1.26 bits per heavy atom. The van der Waals surface area contributed by atoms with Gasteiger partial charge in [0.1, 0.15) is 5.75 Å². The van der Waals surface area contributed by atoms with Crippen LogP contribution in [0.2, 0.25) is 0 Å². The van der Waals surface area contributed by atoms with Gasteiger partial charge in [-0.25, -0.2) is 0 Å². The predicted molar refractivity (Wildman–Crippen MR) is 85.4 cm³/mol. The number of primary amides is 1. The van der Waals surface area contributed by atoms with Gasteiger partial charge in [-0.2, -0.15) is 0 Å². The van der Waals surface area contributed by atoms with Gasteiger partial charge in [-0.05, 0) is 30.5 Å². The molecule has 4 N–H and O–H groups in total. The van der Waals surface area contributed by atoms with Crippen molar-refractivity contribution >= 4 is 23.5 Å². The highest BCUT2D eigenvalue weighted by molar-refractivity contribution is 6.03. The molecule has 0 atom stereocenters. The number of ether oxygens (including phenoxy) is 1. The fraction of sp³-hybridized carbons (Fsp3) is 0.438. The SMILES string of the molecule is CCOc1ccc(NC(=O)CC(C)(C)CC(=O)O)c(C(N)=O)c1. The van der Waals surface area contributed by atoms with Crippen molar-refractivity contribution in [1.82, 2.24) is 0 Å². The number of anilines is 1. The van der Waals surface area contributed by atoms with Crippen molar-refractivity contribution < 1.29 is 24.2 Å². The van der Waals surface area contributed by atoms with E-state index in [4.69, 9.17) is 15.6 Å². The summed E-state index contributed by atoms with van der Waals surface area (Å²) >= 11 is 0. The molecule has 7 nitrogen and oxygen atoms in total. The first-order valence-electron chi connectivity index (χ1n) is 7.23. The largest absolute Gasteiger partial charge is 0.494 e. The van der Waals surface area contributed by atoms with Crippen LogP contribution in [0.5, 0.6) is 5.75 Å². The number of carboxylic acid groups (broad SMARTS) is 1. The molecular formula is C16H22N2O5. The molecule has 0 bridgehead atoms. The minimum absolute atomic E-state index is 0.00468. The maximum Gasteiger partial charge on any atom is 0.303 e. The van der Waals surface area contributed by atoms with Crippen LogP contribution in [0.25, 0.3) is 0 Å². The Morgan fingerprint density at radius 3 is 2.43 bits per heavy atom. The van der Waals surface area contributed by atoms with Crippen LogP contribution in [0.3, 0.4) is 0 Å². The lowest BCUT2D eigenvalue weighted by Crippen LogP contribution is -2.26. The molecule has 1 aromatic rings. The van der Waals surface area contributed by atoms with E-state index in [1.807, 2.05) is 6.92 Å². The average Bonchev–Trinajstić information content (AvgIpc) is 2.38. The molecule has 0 saturated heterocycles. The van der Waals surface area contributed by atoms with E-state index in [1.165, 1.54) is 12.1 Å². The van der Waals surface area contributed by atoms with Gasteiger partial charge in [0, 0.05) is 6.42 Å². The van der Waals surface area contributed by atoms with Crippen LogP contribution >= 0.6 is 0 Å². The highest BCUT2D eigenvalue weighted by atomic mass is 16.5. The van der Waals surface area contributed by atoms with Gasteiger partial charge in [0.2, 0.25) is 5.91 Å². The zero-order valence-electron chi connectivity index (χ0n) is 13.5. The van der Waals surface area contributed by atoms with Crippen molar-refractivity contribution in [3.63, 3.8) is 0 Å². The molecule has 0 aromatic heterocycles. The predicted octanol–water partition coefficient (Wildman–Crippen LogP) is 2.01. The summed E-state index contributed by atoms with van der Waals surface area (Å²) in [6.07, 6.45) is -0.128. The second-order valence-electron chi connectivity index (χ2n) is 5.96. The number of hydrogen-bond acceptors (Lipinski definition) is 4. The summed E-state index contributed by atoms with van der Waals surface area (Å²) in [7, 11) is 0. The smallest absolute Gasteiger partial charge is 0.303 e. The molecule has 0 aliphatic rings. The van der Waals surface area contributed by atoms with E-state index in [-0.39, 0.29) is 30.0 Å². The van der Waals surface area contributed by atoms with E-state index in [1.54, 1.807) is 19.9 Å². The summed E-state index contributed by atoms with van der Waals surface area (Å²) < 4.78 is 5.30. The summed E-state index contributed by atoms with van der Waals surface area (Å²) in [6, 6.07) is 4.62. The Balaban J connectivity index is 2.89. The van der Waals surface area contributed by atoms with Crippen LogP contribution in [0, 0.1) is 5.41 Å². The quantitative estimate of drug-likeness (QED) is 0.676. The Morgan fingerprint density at radius 2 is 1.91 bits per heavy atom. The summed E-state index contributed by atoms with van der Waals surface area (Å²) in [6.45, 7) is 5.62. The number of carboxylic acids is 1. The number of nitrogens with two attached hydrogens (primary N) is 1. The van der Waals surface area contributed by atoms with Gasteiger partial charge in [-0.1, -0.05) is 13.8 Å². The Labute approximate surface area is 134 Å². The number of amides is 2. The minimum atomic E-state index is -0.971. The first-order valence-corrected chi connectivity index (χ1v) is 7.23. The van der Waals surface area contributed by atoms with Crippen molar-refractivity contribution in [3.05, 3.63) is 23.8 Å². The molecular weight excluding hydrogens is 300 g/mol. The number of benzene rings is 1. The van der Waals surface area contributed by atoms with Crippen LogP contribution in [0.4, 0.5) is 5.69 Å². The van der Waals surface area contributed by atoms with Crippen LogP contribution in [-0.2, 0) is 9.59 Å². The number of carbonyl (C=O) groups is 3. The summed E-state index contributed by atoms with van der Waals surface area (Å²) in [5.74, 6) is -1.57. The van der Waals surface area contributed by atoms with E-state index in [0.717, 1.165) is 0 Å². The van der Waals surface area contributed by atoms with Gasteiger partial charge in [0.15, 0.2) is 0 Å². The Bertz CT molecular complexity index is 610.